The Morgan fingerprint density at radius 3 is 2.82 bits per heavy atom. The number of aryl methyl sites for hydroxylation is 1. The summed E-state index contributed by atoms with van der Waals surface area (Å²) in [7, 11) is 1.74. The summed E-state index contributed by atoms with van der Waals surface area (Å²) in [4.78, 5) is 0. The lowest BCUT2D eigenvalue weighted by atomic mass is 10.2. The lowest BCUT2D eigenvalue weighted by molar-refractivity contribution is 0.659. The minimum absolute atomic E-state index is 0.468. The van der Waals surface area contributed by atoms with E-state index >= 15 is 0 Å². The number of aromatic nitrogens is 2. The van der Waals surface area contributed by atoms with E-state index in [-0.39, 0.29) is 0 Å². The summed E-state index contributed by atoms with van der Waals surface area (Å²) >= 11 is 11.2. The van der Waals surface area contributed by atoms with Crippen molar-refractivity contribution in [3.05, 3.63) is 51.8 Å². The maximum atomic E-state index is 6.21. The Morgan fingerprint density at radius 2 is 2.14 bits per heavy atom. The molecule has 0 radical (unpaired) electrons. The fourth-order valence-corrected chi connectivity index (χ4v) is 2.30. The molecule has 0 atom stereocenters. The predicted molar refractivity (Wildman–Crippen MR) is 94.6 cm³/mol. The van der Waals surface area contributed by atoms with E-state index in [1.54, 1.807) is 13.3 Å². The van der Waals surface area contributed by atoms with Crippen LogP contribution < -0.4 is 10.7 Å². The van der Waals surface area contributed by atoms with E-state index in [0.29, 0.717) is 11.7 Å². The van der Waals surface area contributed by atoms with Crippen LogP contribution in [-0.4, -0.2) is 28.2 Å². The Balaban J connectivity index is 2.20. The first-order chi connectivity index (χ1) is 10.5. The van der Waals surface area contributed by atoms with Crippen molar-refractivity contribution in [1.82, 2.24) is 20.5 Å². The molecule has 2 aromatic rings. The number of benzene rings is 1. The van der Waals surface area contributed by atoms with Crippen molar-refractivity contribution in [3.8, 4) is 0 Å². The van der Waals surface area contributed by atoms with E-state index in [2.05, 4.69) is 20.9 Å². The smallest absolute Gasteiger partial charge is 0.186 e. The predicted octanol–water partition coefficient (Wildman–Crippen LogP) is 2.63. The van der Waals surface area contributed by atoms with Gasteiger partial charge in [-0.15, -0.1) is 0 Å². The molecule has 0 fully saturated rings. The Morgan fingerprint density at radius 1 is 1.41 bits per heavy atom. The van der Waals surface area contributed by atoms with Crippen LogP contribution in [0.2, 0.25) is 5.02 Å². The highest BCUT2D eigenvalue weighted by Crippen LogP contribution is 2.18. The highest BCUT2D eigenvalue weighted by atomic mass is 35.5. The summed E-state index contributed by atoms with van der Waals surface area (Å²) in [6, 6.07) is 7.77. The molecule has 0 unspecified atom stereocenters. The highest BCUT2D eigenvalue weighted by molar-refractivity contribution is 7.80. The first-order valence-corrected chi connectivity index (χ1v) is 7.59. The van der Waals surface area contributed by atoms with Crippen LogP contribution in [0, 0.1) is 13.8 Å². The van der Waals surface area contributed by atoms with Gasteiger partial charge in [0.1, 0.15) is 0 Å². The monoisotopic (exact) mass is 335 g/mol. The zero-order chi connectivity index (χ0) is 16.1. The van der Waals surface area contributed by atoms with Crippen LogP contribution in [0.1, 0.15) is 22.5 Å². The van der Waals surface area contributed by atoms with Crippen molar-refractivity contribution >= 4 is 35.1 Å². The van der Waals surface area contributed by atoms with Gasteiger partial charge < -0.3 is 5.32 Å². The van der Waals surface area contributed by atoms with Gasteiger partial charge in [0.25, 0.3) is 0 Å². The lowest BCUT2D eigenvalue weighted by Gasteiger charge is -2.06. The lowest BCUT2D eigenvalue weighted by Crippen LogP contribution is -2.28. The minimum atomic E-state index is 0.468. The van der Waals surface area contributed by atoms with Gasteiger partial charge in [-0.1, -0.05) is 29.8 Å². The molecule has 2 rings (SSSR count). The average molecular weight is 336 g/mol. The molecule has 5 nitrogen and oxygen atoms in total. The number of nitrogens with one attached hydrogen (secondary N) is 2. The number of rotatable bonds is 4. The van der Waals surface area contributed by atoms with Gasteiger partial charge in [0, 0.05) is 23.3 Å². The Bertz CT molecular complexity index is 708. The average Bonchev–Trinajstić information content (AvgIpc) is 2.76. The number of hydrazone groups is 1. The summed E-state index contributed by atoms with van der Waals surface area (Å²) < 4.78 is 1.92. The fraction of sp³-hybridized carbons (Fsp3) is 0.267. The van der Waals surface area contributed by atoms with Crippen LogP contribution in [0.15, 0.2) is 29.4 Å². The van der Waals surface area contributed by atoms with Gasteiger partial charge in [-0.3, -0.25) is 10.1 Å². The fourth-order valence-electron chi connectivity index (χ4n) is 2.05. The Kier molecular flexibility index (Phi) is 5.51. The van der Waals surface area contributed by atoms with E-state index in [0.717, 1.165) is 27.5 Å². The molecule has 0 saturated carbocycles. The second kappa shape index (κ2) is 7.38. The highest BCUT2D eigenvalue weighted by Gasteiger charge is 2.11. The molecule has 0 aliphatic heterocycles. The Hall–Kier alpha value is -1.92. The SMILES string of the molecule is CNC(=S)N/N=C/c1c(C)nn(Cc2ccccc2Cl)c1C. The third kappa shape index (κ3) is 3.84. The largest absolute Gasteiger partial charge is 0.364 e. The maximum Gasteiger partial charge on any atom is 0.186 e. The number of hydrogen-bond donors (Lipinski definition) is 2. The quantitative estimate of drug-likeness (QED) is 0.512. The number of nitrogens with zero attached hydrogens (tertiary/aromatic N) is 3. The third-order valence-corrected chi connectivity index (χ3v) is 3.97. The molecule has 7 heteroatoms. The third-order valence-electron chi connectivity index (χ3n) is 3.30. The zero-order valence-corrected chi connectivity index (χ0v) is 14.3. The normalized spacial score (nSPS) is 10.9. The number of hydrogen-bond acceptors (Lipinski definition) is 3. The zero-order valence-electron chi connectivity index (χ0n) is 12.7. The van der Waals surface area contributed by atoms with Crippen LogP contribution in [0.5, 0.6) is 0 Å². The minimum Gasteiger partial charge on any atom is -0.364 e. The van der Waals surface area contributed by atoms with E-state index in [4.69, 9.17) is 23.8 Å². The molecule has 0 bridgehead atoms. The first kappa shape index (κ1) is 16.5. The molecule has 0 aliphatic carbocycles. The van der Waals surface area contributed by atoms with Crippen LogP contribution in [-0.2, 0) is 6.54 Å². The molecule has 0 spiro atoms. The summed E-state index contributed by atoms with van der Waals surface area (Å²) in [6.45, 7) is 4.59. The van der Waals surface area contributed by atoms with Gasteiger partial charge in [0.2, 0.25) is 0 Å². The van der Waals surface area contributed by atoms with Crippen LogP contribution in [0.3, 0.4) is 0 Å². The van der Waals surface area contributed by atoms with Crippen molar-refractivity contribution in [3.63, 3.8) is 0 Å². The van der Waals surface area contributed by atoms with Gasteiger partial charge in [-0.2, -0.15) is 10.2 Å². The van der Waals surface area contributed by atoms with Crippen LogP contribution >= 0.6 is 23.8 Å². The molecule has 2 N–H and O–H groups in total. The molecule has 116 valence electrons. The summed E-state index contributed by atoms with van der Waals surface area (Å²) in [5.74, 6) is 0. The van der Waals surface area contributed by atoms with Crippen molar-refractivity contribution < 1.29 is 0 Å². The van der Waals surface area contributed by atoms with Crippen LogP contribution in [0.25, 0.3) is 0 Å². The van der Waals surface area contributed by atoms with Gasteiger partial charge in [-0.05, 0) is 37.7 Å². The van der Waals surface area contributed by atoms with E-state index in [9.17, 15) is 0 Å². The standard InChI is InChI=1S/C15H18ClN5S/c1-10-13(8-18-19-15(22)17-3)11(2)21(20-10)9-12-6-4-5-7-14(12)16/h4-8H,9H2,1-3H3,(H2,17,19,22)/b18-8+. The molecule has 22 heavy (non-hydrogen) atoms. The van der Waals surface area contributed by atoms with E-state index < -0.39 is 0 Å². The van der Waals surface area contributed by atoms with Crippen molar-refractivity contribution in [2.75, 3.05) is 7.05 Å². The molecular weight excluding hydrogens is 318 g/mol. The number of halogens is 1. The molecule has 1 aromatic heterocycles. The molecule has 1 aromatic carbocycles. The molecule has 0 amide bonds. The number of thiocarbonyl (C=S) groups is 1. The molecule has 0 aliphatic rings. The van der Waals surface area contributed by atoms with Crippen molar-refractivity contribution in [2.45, 2.75) is 20.4 Å². The Labute approximate surface area is 140 Å². The van der Waals surface area contributed by atoms with Gasteiger partial charge in [0.05, 0.1) is 18.5 Å². The van der Waals surface area contributed by atoms with Gasteiger partial charge >= 0.3 is 0 Å². The maximum absolute atomic E-state index is 6.21. The van der Waals surface area contributed by atoms with Crippen LogP contribution in [0.4, 0.5) is 0 Å². The van der Waals surface area contributed by atoms with E-state index in [1.165, 1.54) is 0 Å². The molecule has 0 saturated heterocycles. The van der Waals surface area contributed by atoms with Crippen molar-refractivity contribution in [1.29, 1.82) is 0 Å². The second-order valence-electron chi connectivity index (χ2n) is 4.78. The molecule has 1 heterocycles. The summed E-state index contributed by atoms with van der Waals surface area (Å²) in [5.41, 5.74) is 6.67. The summed E-state index contributed by atoms with van der Waals surface area (Å²) in [6.07, 6.45) is 1.73. The second-order valence-corrected chi connectivity index (χ2v) is 5.60. The van der Waals surface area contributed by atoms with Gasteiger partial charge in [-0.25, -0.2) is 0 Å². The first-order valence-electron chi connectivity index (χ1n) is 6.81. The van der Waals surface area contributed by atoms with E-state index in [1.807, 2.05) is 42.8 Å². The van der Waals surface area contributed by atoms with Crippen molar-refractivity contribution in [2.24, 2.45) is 5.10 Å². The topological polar surface area (TPSA) is 54.2 Å². The summed E-state index contributed by atoms with van der Waals surface area (Å²) in [5, 5.41) is 12.7. The van der Waals surface area contributed by atoms with Gasteiger partial charge in [0.15, 0.2) is 5.11 Å². The molecular formula is C15H18ClN5S.